The van der Waals surface area contributed by atoms with Gasteiger partial charge in [-0.05, 0) is 19.1 Å². The molecule has 0 bridgehead atoms. The number of anilines is 1. The summed E-state index contributed by atoms with van der Waals surface area (Å²) in [5.74, 6) is 0.675. The molecule has 0 amide bonds. The molecule has 4 nitrogen and oxygen atoms in total. The van der Waals surface area contributed by atoms with Crippen LogP contribution in [0.3, 0.4) is 0 Å². The van der Waals surface area contributed by atoms with E-state index in [1.807, 2.05) is 13.0 Å². The number of benzene rings is 1. The van der Waals surface area contributed by atoms with E-state index in [4.69, 9.17) is 5.73 Å². The first-order valence-electron chi connectivity index (χ1n) is 4.38. The number of H-pyrrole nitrogens is 1. The van der Waals surface area contributed by atoms with E-state index < -0.39 is 0 Å². The number of aromatic amines is 1. The number of phenolic OH excluding ortho intramolecular Hbond substituents is 1. The van der Waals surface area contributed by atoms with Gasteiger partial charge in [0.25, 0.3) is 0 Å². The highest BCUT2D eigenvalue weighted by molar-refractivity contribution is 9.10. The molecule has 0 aliphatic rings. The van der Waals surface area contributed by atoms with Gasteiger partial charge in [-0.1, -0.05) is 15.9 Å². The first-order chi connectivity index (χ1) is 7.08. The Bertz CT molecular complexity index is 484. The molecule has 2 aromatic rings. The largest absolute Gasteiger partial charge is 0.508 e. The third kappa shape index (κ3) is 1.83. The Labute approximate surface area is 95.3 Å². The van der Waals surface area contributed by atoms with Crippen molar-refractivity contribution in [2.45, 2.75) is 6.92 Å². The average Bonchev–Trinajstić information content (AvgIpc) is 2.60. The second kappa shape index (κ2) is 3.58. The number of nitrogens with two attached hydrogens (primary N) is 1. The number of aromatic nitrogens is 2. The third-order valence-electron chi connectivity index (χ3n) is 2.23. The van der Waals surface area contributed by atoms with Gasteiger partial charge in [-0.25, -0.2) is 0 Å². The Morgan fingerprint density at radius 3 is 2.67 bits per heavy atom. The molecule has 1 aromatic heterocycles. The lowest BCUT2D eigenvalue weighted by molar-refractivity contribution is 0.471. The highest BCUT2D eigenvalue weighted by Crippen LogP contribution is 2.31. The summed E-state index contributed by atoms with van der Waals surface area (Å²) in [5, 5.41) is 16.3. The third-order valence-corrected chi connectivity index (χ3v) is 3.05. The second-order valence-corrected chi connectivity index (χ2v) is 4.16. The summed E-state index contributed by atoms with van der Waals surface area (Å²) in [5.41, 5.74) is 7.94. The van der Waals surface area contributed by atoms with E-state index in [2.05, 4.69) is 26.1 Å². The van der Waals surface area contributed by atoms with E-state index >= 15 is 0 Å². The topological polar surface area (TPSA) is 74.9 Å². The van der Waals surface area contributed by atoms with Crippen molar-refractivity contribution in [2.75, 3.05) is 5.73 Å². The standard InChI is InChI=1S/C10H10BrN3O/c1-5-7(11)2-6(3-9(5)15)8-4-10(12)14-13-8/h2-4,15H,1H3,(H3,12,13,14). The summed E-state index contributed by atoms with van der Waals surface area (Å²) in [6.45, 7) is 1.84. The maximum atomic E-state index is 9.65. The Hall–Kier alpha value is -1.49. The molecular weight excluding hydrogens is 258 g/mol. The predicted octanol–water partition coefficient (Wildman–Crippen LogP) is 2.44. The van der Waals surface area contributed by atoms with E-state index in [0.29, 0.717) is 5.82 Å². The van der Waals surface area contributed by atoms with Crippen molar-refractivity contribution in [3.8, 4) is 17.0 Å². The molecule has 15 heavy (non-hydrogen) atoms. The zero-order chi connectivity index (χ0) is 11.0. The number of phenols is 1. The van der Waals surface area contributed by atoms with E-state index in [1.165, 1.54) is 0 Å². The van der Waals surface area contributed by atoms with Gasteiger partial charge in [0, 0.05) is 21.7 Å². The second-order valence-electron chi connectivity index (χ2n) is 3.31. The summed E-state index contributed by atoms with van der Waals surface area (Å²) >= 11 is 3.38. The fraction of sp³-hybridized carbons (Fsp3) is 0.100. The lowest BCUT2D eigenvalue weighted by Gasteiger charge is -2.04. The maximum Gasteiger partial charge on any atom is 0.145 e. The molecule has 0 aliphatic carbocycles. The molecule has 0 saturated carbocycles. The van der Waals surface area contributed by atoms with Crippen LogP contribution in [0.2, 0.25) is 0 Å². The summed E-state index contributed by atoms with van der Waals surface area (Å²) in [6, 6.07) is 5.30. The Morgan fingerprint density at radius 2 is 2.13 bits per heavy atom. The Kier molecular flexibility index (Phi) is 2.40. The van der Waals surface area contributed by atoms with Gasteiger partial charge < -0.3 is 10.8 Å². The zero-order valence-electron chi connectivity index (χ0n) is 8.08. The highest BCUT2D eigenvalue weighted by atomic mass is 79.9. The van der Waals surface area contributed by atoms with Crippen LogP contribution in [0.25, 0.3) is 11.3 Å². The highest BCUT2D eigenvalue weighted by Gasteiger charge is 2.07. The molecule has 0 fully saturated rings. The van der Waals surface area contributed by atoms with Crippen LogP contribution < -0.4 is 5.73 Å². The van der Waals surface area contributed by atoms with Gasteiger partial charge in [0.1, 0.15) is 11.6 Å². The molecule has 78 valence electrons. The number of aromatic hydroxyl groups is 1. The number of rotatable bonds is 1. The van der Waals surface area contributed by atoms with Crippen LogP contribution in [-0.4, -0.2) is 15.3 Å². The smallest absolute Gasteiger partial charge is 0.145 e. The molecule has 0 radical (unpaired) electrons. The van der Waals surface area contributed by atoms with E-state index in [-0.39, 0.29) is 5.75 Å². The number of nitrogens with one attached hydrogen (secondary N) is 1. The van der Waals surface area contributed by atoms with Crippen LogP contribution in [0.15, 0.2) is 22.7 Å². The van der Waals surface area contributed by atoms with Crippen LogP contribution in [0.1, 0.15) is 5.56 Å². The molecule has 2 rings (SSSR count). The van der Waals surface area contributed by atoms with Gasteiger partial charge in [0.15, 0.2) is 0 Å². The van der Waals surface area contributed by atoms with Crippen molar-refractivity contribution in [3.63, 3.8) is 0 Å². The summed E-state index contributed by atoms with van der Waals surface area (Å²) < 4.78 is 0.852. The monoisotopic (exact) mass is 267 g/mol. The number of hydrogen-bond donors (Lipinski definition) is 3. The number of nitrogen functional groups attached to an aromatic ring is 1. The molecule has 4 N–H and O–H groups in total. The lowest BCUT2D eigenvalue weighted by Crippen LogP contribution is -1.82. The van der Waals surface area contributed by atoms with Crippen molar-refractivity contribution in [2.24, 2.45) is 0 Å². The first-order valence-corrected chi connectivity index (χ1v) is 5.17. The summed E-state index contributed by atoms with van der Waals surface area (Å²) in [7, 11) is 0. The van der Waals surface area contributed by atoms with Gasteiger partial charge in [-0.2, -0.15) is 5.10 Å². The molecule has 5 heteroatoms. The SMILES string of the molecule is Cc1c(O)cc(-c2cc(N)n[nH]2)cc1Br. The van der Waals surface area contributed by atoms with Gasteiger partial charge in [-0.15, -0.1) is 0 Å². The molecule has 1 aromatic carbocycles. The van der Waals surface area contributed by atoms with E-state index in [9.17, 15) is 5.11 Å². The quantitative estimate of drug-likeness (QED) is 0.743. The fourth-order valence-electron chi connectivity index (χ4n) is 1.30. The van der Waals surface area contributed by atoms with E-state index in [0.717, 1.165) is 21.3 Å². The number of halogens is 1. The molecule has 1 heterocycles. The van der Waals surface area contributed by atoms with Crippen molar-refractivity contribution in [1.82, 2.24) is 10.2 Å². The minimum absolute atomic E-state index is 0.243. The normalized spacial score (nSPS) is 10.5. The molecule has 0 unspecified atom stereocenters. The number of nitrogens with zero attached hydrogens (tertiary/aromatic N) is 1. The summed E-state index contributed by atoms with van der Waals surface area (Å²) in [4.78, 5) is 0. The van der Waals surface area contributed by atoms with Gasteiger partial charge >= 0.3 is 0 Å². The molecule has 0 aliphatic heterocycles. The predicted molar refractivity (Wildman–Crippen MR) is 62.5 cm³/mol. The van der Waals surface area contributed by atoms with Crippen molar-refractivity contribution in [1.29, 1.82) is 0 Å². The Morgan fingerprint density at radius 1 is 1.40 bits per heavy atom. The minimum Gasteiger partial charge on any atom is -0.508 e. The van der Waals surface area contributed by atoms with Crippen molar-refractivity contribution in [3.05, 3.63) is 28.2 Å². The lowest BCUT2D eigenvalue weighted by atomic mass is 10.1. The van der Waals surface area contributed by atoms with Crippen molar-refractivity contribution >= 4 is 21.7 Å². The average molecular weight is 268 g/mol. The van der Waals surface area contributed by atoms with Crippen LogP contribution in [0.5, 0.6) is 5.75 Å². The molecule has 0 atom stereocenters. The minimum atomic E-state index is 0.243. The van der Waals surface area contributed by atoms with Gasteiger partial charge in [-0.3, -0.25) is 5.10 Å². The van der Waals surface area contributed by atoms with E-state index in [1.54, 1.807) is 12.1 Å². The maximum absolute atomic E-state index is 9.65. The zero-order valence-corrected chi connectivity index (χ0v) is 9.67. The van der Waals surface area contributed by atoms with Crippen LogP contribution >= 0.6 is 15.9 Å². The van der Waals surface area contributed by atoms with Gasteiger partial charge in [0.05, 0.1) is 5.69 Å². The number of hydrogen-bond acceptors (Lipinski definition) is 3. The molecule has 0 spiro atoms. The van der Waals surface area contributed by atoms with Crippen LogP contribution in [-0.2, 0) is 0 Å². The van der Waals surface area contributed by atoms with Crippen LogP contribution in [0.4, 0.5) is 5.82 Å². The molecule has 0 saturated heterocycles. The van der Waals surface area contributed by atoms with Crippen LogP contribution in [0, 0.1) is 6.92 Å². The van der Waals surface area contributed by atoms with Crippen molar-refractivity contribution < 1.29 is 5.11 Å². The fourth-order valence-corrected chi connectivity index (χ4v) is 1.75. The first kappa shape index (κ1) is 10.0. The molecular formula is C10H10BrN3O. The summed E-state index contributed by atoms with van der Waals surface area (Å²) in [6.07, 6.45) is 0. The Balaban J connectivity index is 2.55. The van der Waals surface area contributed by atoms with Gasteiger partial charge in [0.2, 0.25) is 0 Å².